The number of nitrogens with one attached hydrogen (secondary N) is 1. The second-order valence-electron chi connectivity index (χ2n) is 6.26. The molecule has 1 aliphatic heterocycles. The summed E-state index contributed by atoms with van der Waals surface area (Å²) < 4.78 is 5.23. The van der Waals surface area contributed by atoms with Gasteiger partial charge in [-0.1, -0.05) is 37.3 Å². The van der Waals surface area contributed by atoms with E-state index in [0.717, 1.165) is 26.1 Å². The molecule has 0 radical (unpaired) electrons. The molecule has 2 heterocycles. The highest BCUT2D eigenvalue weighted by molar-refractivity contribution is 5.21. The zero-order valence-corrected chi connectivity index (χ0v) is 12.9. The van der Waals surface area contributed by atoms with E-state index in [1.54, 1.807) is 6.26 Å². The molecule has 3 nitrogen and oxygen atoms in total. The summed E-state index contributed by atoms with van der Waals surface area (Å²) in [5.74, 6) is 0. The first kappa shape index (κ1) is 14.4. The molecule has 1 aromatic heterocycles. The Morgan fingerprint density at radius 2 is 2.10 bits per heavy atom. The number of rotatable bonds is 4. The second-order valence-corrected chi connectivity index (χ2v) is 6.26. The summed E-state index contributed by atoms with van der Waals surface area (Å²) >= 11 is 0. The van der Waals surface area contributed by atoms with Gasteiger partial charge in [0, 0.05) is 36.8 Å². The van der Waals surface area contributed by atoms with Crippen LogP contribution in [0.2, 0.25) is 0 Å². The van der Waals surface area contributed by atoms with E-state index in [4.69, 9.17) is 4.42 Å². The lowest BCUT2D eigenvalue weighted by Crippen LogP contribution is -2.59. The van der Waals surface area contributed by atoms with Crippen molar-refractivity contribution >= 4 is 0 Å². The predicted octanol–water partition coefficient (Wildman–Crippen LogP) is 3.59. The molecule has 0 aliphatic carbocycles. The highest BCUT2D eigenvalue weighted by Crippen LogP contribution is 2.29. The van der Waals surface area contributed by atoms with E-state index in [0.29, 0.717) is 6.04 Å². The number of hydrogen-bond donors (Lipinski definition) is 1. The van der Waals surface area contributed by atoms with Gasteiger partial charge < -0.3 is 9.73 Å². The van der Waals surface area contributed by atoms with Crippen LogP contribution in [-0.2, 0) is 6.54 Å². The van der Waals surface area contributed by atoms with Gasteiger partial charge >= 0.3 is 0 Å². The molecule has 1 saturated heterocycles. The van der Waals surface area contributed by atoms with Gasteiger partial charge in [-0.25, -0.2) is 0 Å². The molecule has 0 amide bonds. The Morgan fingerprint density at radius 1 is 1.29 bits per heavy atom. The lowest BCUT2D eigenvalue weighted by atomic mass is 9.91. The Hall–Kier alpha value is -1.58. The van der Waals surface area contributed by atoms with E-state index in [9.17, 15) is 0 Å². The highest BCUT2D eigenvalue weighted by Gasteiger charge is 2.35. The van der Waals surface area contributed by atoms with E-state index in [1.165, 1.54) is 11.1 Å². The minimum absolute atomic E-state index is 0.190. The summed E-state index contributed by atoms with van der Waals surface area (Å²) in [7, 11) is 0. The maximum atomic E-state index is 5.23. The standard InChI is InChI=1S/C18H24N2O/c1-3-18(2)14-20(12-15-9-10-21-13-15)17(11-19-18)16-7-5-4-6-8-16/h4-10,13,17,19H,3,11-12,14H2,1-2H3. The van der Waals surface area contributed by atoms with Crippen molar-refractivity contribution in [2.45, 2.75) is 38.4 Å². The smallest absolute Gasteiger partial charge is 0.0947 e. The molecule has 2 atom stereocenters. The third-order valence-electron chi connectivity index (χ3n) is 4.65. The summed E-state index contributed by atoms with van der Waals surface area (Å²) in [5, 5.41) is 3.74. The van der Waals surface area contributed by atoms with Crippen molar-refractivity contribution in [3.8, 4) is 0 Å². The van der Waals surface area contributed by atoms with Crippen molar-refractivity contribution < 1.29 is 4.42 Å². The Kier molecular flexibility index (Phi) is 4.13. The molecule has 3 rings (SSSR count). The average Bonchev–Trinajstić information content (AvgIpc) is 3.01. The quantitative estimate of drug-likeness (QED) is 0.930. The van der Waals surface area contributed by atoms with Crippen LogP contribution in [0.25, 0.3) is 0 Å². The fourth-order valence-corrected chi connectivity index (χ4v) is 3.11. The Balaban J connectivity index is 1.84. The molecule has 1 aliphatic rings. The number of furan rings is 1. The van der Waals surface area contributed by atoms with Crippen LogP contribution in [0, 0.1) is 0 Å². The minimum atomic E-state index is 0.190. The van der Waals surface area contributed by atoms with E-state index < -0.39 is 0 Å². The lowest BCUT2D eigenvalue weighted by Gasteiger charge is -2.46. The number of benzene rings is 1. The van der Waals surface area contributed by atoms with Crippen LogP contribution in [0.3, 0.4) is 0 Å². The molecular weight excluding hydrogens is 260 g/mol. The van der Waals surface area contributed by atoms with Crippen molar-refractivity contribution in [2.24, 2.45) is 0 Å². The summed E-state index contributed by atoms with van der Waals surface area (Å²) in [6.07, 6.45) is 4.75. The third-order valence-corrected chi connectivity index (χ3v) is 4.65. The normalized spacial score (nSPS) is 26.9. The van der Waals surface area contributed by atoms with E-state index in [1.807, 2.05) is 6.26 Å². The molecule has 112 valence electrons. The van der Waals surface area contributed by atoms with Crippen LogP contribution in [-0.4, -0.2) is 23.5 Å². The van der Waals surface area contributed by atoms with Crippen LogP contribution in [0.4, 0.5) is 0 Å². The molecule has 1 fully saturated rings. The summed E-state index contributed by atoms with van der Waals surface area (Å²) in [4.78, 5) is 2.57. The fourth-order valence-electron chi connectivity index (χ4n) is 3.11. The molecule has 0 saturated carbocycles. The van der Waals surface area contributed by atoms with E-state index in [-0.39, 0.29) is 5.54 Å². The number of nitrogens with zero attached hydrogens (tertiary/aromatic N) is 1. The van der Waals surface area contributed by atoms with Gasteiger partial charge in [-0.05, 0) is 25.0 Å². The molecule has 3 heteroatoms. The van der Waals surface area contributed by atoms with Crippen LogP contribution in [0.5, 0.6) is 0 Å². The van der Waals surface area contributed by atoms with Gasteiger partial charge in [-0.2, -0.15) is 0 Å². The SMILES string of the molecule is CCC1(C)CN(Cc2ccoc2)C(c2ccccc2)CN1. The van der Waals surface area contributed by atoms with Crippen molar-refractivity contribution in [1.82, 2.24) is 10.2 Å². The zero-order valence-electron chi connectivity index (χ0n) is 12.9. The lowest BCUT2D eigenvalue weighted by molar-refractivity contribution is 0.0771. The van der Waals surface area contributed by atoms with E-state index in [2.05, 4.69) is 60.5 Å². The van der Waals surface area contributed by atoms with Crippen molar-refractivity contribution in [3.63, 3.8) is 0 Å². The van der Waals surface area contributed by atoms with Crippen LogP contribution < -0.4 is 5.32 Å². The van der Waals surface area contributed by atoms with Gasteiger partial charge in [0.25, 0.3) is 0 Å². The highest BCUT2D eigenvalue weighted by atomic mass is 16.3. The Labute approximate surface area is 127 Å². The first-order valence-electron chi connectivity index (χ1n) is 7.75. The van der Waals surface area contributed by atoms with Crippen molar-refractivity contribution in [2.75, 3.05) is 13.1 Å². The Bertz CT molecular complexity index is 552. The van der Waals surface area contributed by atoms with Gasteiger partial charge in [-0.15, -0.1) is 0 Å². The first-order valence-corrected chi connectivity index (χ1v) is 7.75. The van der Waals surface area contributed by atoms with Crippen molar-refractivity contribution in [3.05, 3.63) is 60.1 Å². The van der Waals surface area contributed by atoms with Gasteiger partial charge in [0.15, 0.2) is 0 Å². The molecule has 21 heavy (non-hydrogen) atoms. The molecule has 0 spiro atoms. The summed E-state index contributed by atoms with van der Waals surface area (Å²) in [5.41, 5.74) is 2.82. The maximum Gasteiger partial charge on any atom is 0.0947 e. The molecule has 0 bridgehead atoms. The molecule has 2 aromatic rings. The molecule has 1 N–H and O–H groups in total. The van der Waals surface area contributed by atoms with Crippen LogP contribution in [0.1, 0.15) is 37.4 Å². The topological polar surface area (TPSA) is 28.4 Å². The molecular formula is C18H24N2O. The predicted molar refractivity (Wildman–Crippen MR) is 85.0 cm³/mol. The second kappa shape index (κ2) is 6.04. The largest absolute Gasteiger partial charge is 0.472 e. The van der Waals surface area contributed by atoms with E-state index >= 15 is 0 Å². The van der Waals surface area contributed by atoms with Crippen LogP contribution in [0.15, 0.2) is 53.3 Å². The summed E-state index contributed by atoms with van der Waals surface area (Å²) in [6.45, 7) is 7.55. The van der Waals surface area contributed by atoms with Gasteiger partial charge in [0.05, 0.1) is 12.5 Å². The molecule has 2 unspecified atom stereocenters. The Morgan fingerprint density at radius 3 is 2.76 bits per heavy atom. The molecule has 1 aromatic carbocycles. The van der Waals surface area contributed by atoms with Crippen LogP contribution >= 0.6 is 0 Å². The minimum Gasteiger partial charge on any atom is -0.472 e. The zero-order chi connectivity index (χ0) is 14.7. The number of hydrogen-bond acceptors (Lipinski definition) is 3. The first-order chi connectivity index (χ1) is 10.2. The summed E-state index contributed by atoms with van der Waals surface area (Å²) in [6, 6.07) is 13.3. The van der Waals surface area contributed by atoms with Gasteiger partial charge in [0.1, 0.15) is 0 Å². The third kappa shape index (κ3) is 3.20. The monoisotopic (exact) mass is 284 g/mol. The fraction of sp³-hybridized carbons (Fsp3) is 0.444. The van der Waals surface area contributed by atoms with Crippen molar-refractivity contribution in [1.29, 1.82) is 0 Å². The van der Waals surface area contributed by atoms with Gasteiger partial charge in [0.2, 0.25) is 0 Å². The van der Waals surface area contributed by atoms with Gasteiger partial charge in [-0.3, -0.25) is 4.90 Å². The maximum absolute atomic E-state index is 5.23. The number of piperazine rings is 1. The average molecular weight is 284 g/mol.